The van der Waals surface area contributed by atoms with Crippen molar-refractivity contribution in [3.05, 3.63) is 102 Å². The second-order valence-corrected chi connectivity index (χ2v) is 10.5. The number of sulfonamides is 1. The topological polar surface area (TPSA) is 96.4 Å². The fraction of sp³-hybridized carbons (Fsp3) is 0.148. The number of nitrogens with one attached hydrogen (secondary N) is 1. The molecule has 1 aliphatic heterocycles. The lowest BCUT2D eigenvalue weighted by Crippen LogP contribution is -2.60. The van der Waals surface area contributed by atoms with Gasteiger partial charge in [0.15, 0.2) is 0 Å². The van der Waals surface area contributed by atoms with Gasteiger partial charge in [-0.1, -0.05) is 42.5 Å². The minimum absolute atomic E-state index is 0.154. The first-order valence-electron chi connectivity index (χ1n) is 11.1. The van der Waals surface area contributed by atoms with Crippen molar-refractivity contribution in [3.63, 3.8) is 0 Å². The van der Waals surface area contributed by atoms with Crippen molar-refractivity contribution in [3.8, 4) is 0 Å². The van der Waals surface area contributed by atoms with Crippen LogP contribution in [0.5, 0.6) is 0 Å². The summed E-state index contributed by atoms with van der Waals surface area (Å²) in [4.78, 5) is 30.5. The lowest BCUT2D eigenvalue weighted by molar-refractivity contribution is -0.123. The first-order valence-corrected chi connectivity index (χ1v) is 12.6. The zero-order valence-corrected chi connectivity index (χ0v) is 19.6. The minimum atomic E-state index is -3.84. The molecule has 2 heterocycles. The Morgan fingerprint density at radius 3 is 2.43 bits per heavy atom. The van der Waals surface area contributed by atoms with Crippen molar-refractivity contribution in [2.24, 2.45) is 5.41 Å². The highest BCUT2D eigenvalue weighted by Crippen LogP contribution is 2.33. The number of hydrogen-bond acceptors (Lipinski definition) is 5. The summed E-state index contributed by atoms with van der Waals surface area (Å²) >= 11 is 0. The summed E-state index contributed by atoms with van der Waals surface area (Å²) in [6, 6.07) is 22.7. The van der Waals surface area contributed by atoms with E-state index in [2.05, 4.69) is 9.71 Å². The molecular formula is C27H23N3O4S. The number of fused-ring (bicyclic) bond motifs is 1. The second kappa shape index (κ2) is 8.96. The van der Waals surface area contributed by atoms with Crippen molar-refractivity contribution in [1.82, 2.24) is 9.88 Å². The largest absolute Gasteiger partial charge is 0.336 e. The number of benzene rings is 3. The zero-order chi connectivity index (χ0) is 24.5. The monoisotopic (exact) mass is 485 g/mol. The van der Waals surface area contributed by atoms with E-state index in [1.807, 2.05) is 30.3 Å². The number of aromatic nitrogens is 1. The first-order chi connectivity index (χ1) is 16.9. The SMILES string of the molecule is O=CC1(Cc2ccccc2)CN(C(=O)c2ccc(NS(=O)(=O)c3cccc4cnccc34)cc2)C1. The average Bonchev–Trinajstić information content (AvgIpc) is 2.86. The molecule has 0 atom stereocenters. The van der Waals surface area contributed by atoms with Crippen molar-refractivity contribution in [1.29, 1.82) is 0 Å². The molecule has 0 saturated carbocycles. The van der Waals surface area contributed by atoms with Gasteiger partial charge < -0.3 is 9.69 Å². The van der Waals surface area contributed by atoms with Crippen LogP contribution in [-0.4, -0.2) is 43.6 Å². The number of nitrogens with zero attached hydrogens (tertiary/aromatic N) is 2. The molecule has 0 spiro atoms. The molecule has 0 aliphatic carbocycles. The highest BCUT2D eigenvalue weighted by atomic mass is 32.2. The number of hydrogen-bond donors (Lipinski definition) is 1. The summed E-state index contributed by atoms with van der Waals surface area (Å²) in [6.45, 7) is 0.711. The van der Waals surface area contributed by atoms with Crippen molar-refractivity contribution in [2.75, 3.05) is 17.8 Å². The van der Waals surface area contributed by atoms with E-state index in [0.29, 0.717) is 36.1 Å². The lowest BCUT2D eigenvalue weighted by atomic mass is 9.76. The first kappa shape index (κ1) is 22.7. The minimum Gasteiger partial charge on any atom is -0.336 e. The molecule has 0 radical (unpaired) electrons. The van der Waals surface area contributed by atoms with Crippen LogP contribution < -0.4 is 4.72 Å². The van der Waals surface area contributed by atoms with Gasteiger partial charge in [0.05, 0.1) is 10.3 Å². The number of pyridine rings is 1. The van der Waals surface area contributed by atoms with Gasteiger partial charge >= 0.3 is 0 Å². The van der Waals surface area contributed by atoms with Gasteiger partial charge in [0.25, 0.3) is 15.9 Å². The van der Waals surface area contributed by atoms with Crippen LogP contribution in [-0.2, 0) is 21.2 Å². The van der Waals surface area contributed by atoms with Gasteiger partial charge in [-0.05, 0) is 48.4 Å². The molecule has 8 heteroatoms. The van der Waals surface area contributed by atoms with Gasteiger partial charge in [0.1, 0.15) is 6.29 Å². The molecule has 3 aromatic carbocycles. The highest BCUT2D eigenvalue weighted by molar-refractivity contribution is 7.93. The number of amides is 1. The molecule has 7 nitrogen and oxygen atoms in total. The van der Waals surface area contributed by atoms with Crippen LogP contribution in [0.15, 0.2) is 96.2 Å². The molecule has 176 valence electrons. The predicted molar refractivity (Wildman–Crippen MR) is 134 cm³/mol. The van der Waals surface area contributed by atoms with Crippen molar-refractivity contribution >= 4 is 38.7 Å². The van der Waals surface area contributed by atoms with Crippen LogP contribution in [0.25, 0.3) is 10.8 Å². The molecule has 1 N–H and O–H groups in total. The molecule has 1 aromatic heterocycles. The fourth-order valence-corrected chi connectivity index (χ4v) is 5.78. The fourth-order valence-electron chi connectivity index (χ4n) is 4.49. The van der Waals surface area contributed by atoms with Crippen LogP contribution in [0.2, 0.25) is 0 Å². The van der Waals surface area contributed by atoms with Gasteiger partial charge in [-0.15, -0.1) is 0 Å². The van der Waals surface area contributed by atoms with Crippen LogP contribution >= 0.6 is 0 Å². The Morgan fingerprint density at radius 1 is 0.971 bits per heavy atom. The van der Waals surface area contributed by atoms with E-state index >= 15 is 0 Å². The van der Waals surface area contributed by atoms with Crippen LogP contribution in [0, 0.1) is 5.41 Å². The second-order valence-electron chi connectivity index (χ2n) is 8.84. The molecule has 1 aliphatic rings. The van der Waals surface area contributed by atoms with E-state index in [1.54, 1.807) is 65.8 Å². The number of carbonyl (C=O) groups excluding carboxylic acids is 2. The predicted octanol–water partition coefficient (Wildman–Crippen LogP) is 3.92. The molecule has 1 saturated heterocycles. The van der Waals surface area contributed by atoms with Crippen LogP contribution in [0.3, 0.4) is 0 Å². The Morgan fingerprint density at radius 2 is 1.71 bits per heavy atom. The summed E-state index contributed by atoms with van der Waals surface area (Å²) < 4.78 is 28.6. The van der Waals surface area contributed by atoms with Gasteiger partial charge in [0.2, 0.25) is 0 Å². The van der Waals surface area contributed by atoms with E-state index in [0.717, 1.165) is 17.2 Å². The normalized spacial score (nSPS) is 14.8. The molecule has 1 amide bonds. The van der Waals surface area contributed by atoms with E-state index in [-0.39, 0.29) is 10.8 Å². The Balaban J connectivity index is 1.27. The molecular weight excluding hydrogens is 462 g/mol. The number of aldehydes is 1. The third-order valence-corrected chi connectivity index (χ3v) is 7.70. The molecule has 35 heavy (non-hydrogen) atoms. The van der Waals surface area contributed by atoms with Crippen molar-refractivity contribution < 1.29 is 18.0 Å². The smallest absolute Gasteiger partial charge is 0.262 e. The summed E-state index contributed by atoms with van der Waals surface area (Å²) in [7, 11) is -3.84. The van der Waals surface area contributed by atoms with Crippen molar-refractivity contribution in [2.45, 2.75) is 11.3 Å². The molecule has 5 rings (SSSR count). The van der Waals surface area contributed by atoms with E-state index < -0.39 is 15.4 Å². The maximum Gasteiger partial charge on any atom is 0.262 e. The van der Waals surface area contributed by atoms with Crippen LogP contribution in [0.1, 0.15) is 15.9 Å². The Kier molecular flexibility index (Phi) is 5.82. The summed E-state index contributed by atoms with van der Waals surface area (Å²) in [5.41, 5.74) is 1.28. The average molecular weight is 486 g/mol. The number of anilines is 1. The third-order valence-electron chi connectivity index (χ3n) is 6.26. The van der Waals surface area contributed by atoms with Crippen LogP contribution in [0.4, 0.5) is 5.69 Å². The molecule has 1 fully saturated rings. The van der Waals surface area contributed by atoms with Gasteiger partial charge in [0, 0.05) is 47.5 Å². The number of rotatable bonds is 7. The Bertz CT molecular complexity index is 1490. The highest BCUT2D eigenvalue weighted by Gasteiger charge is 2.45. The maximum absolute atomic E-state index is 13.0. The van der Waals surface area contributed by atoms with Gasteiger partial charge in [-0.25, -0.2) is 8.42 Å². The Hall–Kier alpha value is -4.04. The van der Waals surface area contributed by atoms with E-state index in [4.69, 9.17) is 0 Å². The summed E-state index contributed by atoms with van der Waals surface area (Å²) in [6.07, 6.45) is 4.71. The van der Waals surface area contributed by atoms with E-state index in [9.17, 15) is 18.0 Å². The molecule has 0 bridgehead atoms. The third kappa shape index (κ3) is 4.52. The number of carbonyl (C=O) groups is 2. The number of likely N-dealkylation sites (tertiary alicyclic amines) is 1. The van der Waals surface area contributed by atoms with E-state index in [1.165, 1.54) is 0 Å². The van der Waals surface area contributed by atoms with Gasteiger partial charge in [-0.3, -0.25) is 14.5 Å². The summed E-state index contributed by atoms with van der Waals surface area (Å²) in [5.74, 6) is -0.188. The van der Waals surface area contributed by atoms with Gasteiger partial charge in [-0.2, -0.15) is 0 Å². The Labute approximate surface area is 203 Å². The molecule has 0 unspecified atom stereocenters. The lowest BCUT2D eigenvalue weighted by Gasteiger charge is -2.47. The maximum atomic E-state index is 13.0. The standard InChI is InChI=1S/C27H23N3O4S/c31-19-27(15-20-5-2-1-3-6-20)17-30(18-27)26(32)21-9-11-23(12-10-21)29-35(33,34)25-8-4-7-22-16-28-14-13-24(22)25/h1-14,16,19,29H,15,17-18H2. The summed E-state index contributed by atoms with van der Waals surface area (Å²) in [5, 5.41) is 1.30. The zero-order valence-electron chi connectivity index (χ0n) is 18.8. The molecule has 4 aromatic rings. The quantitative estimate of drug-likeness (QED) is 0.400.